The molecule has 2 fully saturated rings. The number of nitrogens with zero attached hydrogens (tertiary/aromatic N) is 5. The molecule has 1 aromatic rings. The predicted octanol–water partition coefficient (Wildman–Crippen LogP) is 1.15. The molecule has 9 heteroatoms. The molecule has 8 nitrogen and oxygen atoms in total. The summed E-state index contributed by atoms with van der Waals surface area (Å²) >= 11 is 0. The maximum Gasteiger partial charge on any atom is 0.325 e. The van der Waals surface area contributed by atoms with Gasteiger partial charge in [0.1, 0.15) is 5.82 Å². The first-order valence-electron chi connectivity index (χ1n) is 10.5. The second-order valence-corrected chi connectivity index (χ2v) is 8.59. The maximum atomic E-state index is 14.0. The minimum absolute atomic E-state index is 0.175. The number of nitrogens with one attached hydrogen (secondary N) is 1. The Morgan fingerprint density at radius 3 is 2.53 bits per heavy atom. The van der Waals surface area contributed by atoms with Crippen LogP contribution in [0.25, 0.3) is 0 Å². The van der Waals surface area contributed by atoms with Gasteiger partial charge in [-0.1, -0.05) is 32.0 Å². The smallest absolute Gasteiger partial charge is 0.325 e. The Labute approximate surface area is 176 Å². The van der Waals surface area contributed by atoms with E-state index in [0.29, 0.717) is 24.6 Å². The molecule has 0 aliphatic carbocycles. The number of urea groups is 1. The van der Waals surface area contributed by atoms with Crippen LogP contribution in [-0.2, 0) is 11.3 Å². The number of imide groups is 1. The number of halogens is 1. The van der Waals surface area contributed by atoms with Crippen molar-refractivity contribution in [2.75, 3.05) is 39.8 Å². The number of hydrogen-bond donors (Lipinski definition) is 1. The highest BCUT2D eigenvalue weighted by atomic mass is 19.1. The van der Waals surface area contributed by atoms with Crippen LogP contribution in [0.15, 0.2) is 29.3 Å². The Morgan fingerprint density at radius 2 is 1.87 bits per heavy atom. The fourth-order valence-electron chi connectivity index (χ4n) is 4.34. The van der Waals surface area contributed by atoms with Gasteiger partial charge in [-0.05, 0) is 12.0 Å². The summed E-state index contributed by atoms with van der Waals surface area (Å²) in [6.07, 6.45) is -0.503. The summed E-state index contributed by atoms with van der Waals surface area (Å²) in [5, 5.41) is 2.44. The molecular weight excluding hydrogens is 387 g/mol. The molecule has 0 aromatic heterocycles. The summed E-state index contributed by atoms with van der Waals surface area (Å²) < 4.78 is 14.0. The summed E-state index contributed by atoms with van der Waals surface area (Å²) in [5.41, 5.74) is 0.702. The Kier molecular flexibility index (Phi) is 5.64. The molecule has 1 N–H and O–H groups in total. The largest absolute Gasteiger partial charge is 0.340 e. The van der Waals surface area contributed by atoms with Crippen LogP contribution in [0, 0.1) is 11.7 Å². The highest BCUT2D eigenvalue weighted by Gasteiger charge is 2.49. The van der Waals surface area contributed by atoms with Crippen molar-refractivity contribution in [1.29, 1.82) is 0 Å². The van der Waals surface area contributed by atoms with Crippen molar-refractivity contribution in [1.82, 2.24) is 24.9 Å². The van der Waals surface area contributed by atoms with E-state index >= 15 is 0 Å². The van der Waals surface area contributed by atoms with Crippen LogP contribution in [-0.4, -0.2) is 89.5 Å². The van der Waals surface area contributed by atoms with Crippen LogP contribution >= 0.6 is 0 Å². The summed E-state index contributed by atoms with van der Waals surface area (Å²) in [5.74, 6) is 0.652. The average Bonchev–Trinajstić information content (AvgIpc) is 3.08. The van der Waals surface area contributed by atoms with Crippen molar-refractivity contribution in [2.24, 2.45) is 10.9 Å². The van der Waals surface area contributed by atoms with Gasteiger partial charge in [-0.2, -0.15) is 0 Å². The van der Waals surface area contributed by atoms with E-state index in [9.17, 15) is 14.0 Å². The number of carbonyl (C=O) groups is 2. The predicted molar refractivity (Wildman–Crippen MR) is 111 cm³/mol. The second-order valence-electron chi connectivity index (χ2n) is 8.59. The molecule has 2 atom stereocenters. The minimum Gasteiger partial charge on any atom is -0.340 e. The van der Waals surface area contributed by atoms with Crippen LogP contribution < -0.4 is 5.32 Å². The van der Waals surface area contributed by atoms with Gasteiger partial charge in [0.25, 0.3) is 5.91 Å². The molecule has 162 valence electrons. The first-order valence-corrected chi connectivity index (χ1v) is 10.5. The third-order valence-corrected chi connectivity index (χ3v) is 5.91. The normalized spacial score (nSPS) is 25.0. The number of amides is 3. The second kappa shape index (κ2) is 8.22. The number of benzene rings is 1. The minimum atomic E-state index is -0.503. The number of aliphatic imine (C=N–C) groups is 1. The third-order valence-electron chi connectivity index (χ3n) is 5.91. The van der Waals surface area contributed by atoms with Crippen LogP contribution in [0.5, 0.6) is 0 Å². The van der Waals surface area contributed by atoms with Crippen molar-refractivity contribution in [3.63, 3.8) is 0 Å². The van der Waals surface area contributed by atoms with Crippen molar-refractivity contribution >= 4 is 17.9 Å². The van der Waals surface area contributed by atoms with Gasteiger partial charge in [-0.15, -0.1) is 0 Å². The molecule has 30 heavy (non-hydrogen) atoms. The molecule has 0 spiro atoms. The van der Waals surface area contributed by atoms with Gasteiger partial charge in [0.15, 0.2) is 18.2 Å². The molecule has 3 amide bonds. The quantitative estimate of drug-likeness (QED) is 0.797. The van der Waals surface area contributed by atoms with Gasteiger partial charge >= 0.3 is 6.03 Å². The molecule has 2 saturated heterocycles. The van der Waals surface area contributed by atoms with Crippen molar-refractivity contribution in [3.05, 3.63) is 35.6 Å². The Bertz CT molecular complexity index is 852. The van der Waals surface area contributed by atoms with Crippen LogP contribution in [0.2, 0.25) is 0 Å². The maximum absolute atomic E-state index is 14.0. The van der Waals surface area contributed by atoms with Crippen molar-refractivity contribution in [3.8, 4) is 0 Å². The van der Waals surface area contributed by atoms with Crippen molar-refractivity contribution in [2.45, 2.75) is 32.6 Å². The zero-order valence-corrected chi connectivity index (χ0v) is 17.7. The number of piperazine rings is 1. The van der Waals surface area contributed by atoms with Gasteiger partial charge in [-0.25, -0.2) is 14.2 Å². The van der Waals surface area contributed by atoms with Gasteiger partial charge in [0.2, 0.25) is 0 Å². The first kappa shape index (κ1) is 20.6. The fraction of sp³-hybridized carbons (Fsp3) is 0.571. The van der Waals surface area contributed by atoms with E-state index in [1.54, 1.807) is 13.1 Å². The molecular formula is C21H29FN6O2. The number of guanidine groups is 1. The SMILES string of the molecule is CC(C)CN1C(N2CCN(Cc3ccccc3F)CC2)=NC2C1C(=O)NC(=O)N2C. The van der Waals surface area contributed by atoms with E-state index in [2.05, 4.69) is 29.0 Å². The first-order chi connectivity index (χ1) is 14.3. The van der Waals surface area contributed by atoms with E-state index in [0.717, 1.165) is 32.1 Å². The highest BCUT2D eigenvalue weighted by Crippen LogP contribution is 2.27. The highest BCUT2D eigenvalue weighted by molar-refractivity contribution is 6.03. The average molecular weight is 417 g/mol. The molecule has 3 aliphatic rings. The van der Waals surface area contributed by atoms with Gasteiger partial charge in [0, 0.05) is 51.9 Å². The van der Waals surface area contributed by atoms with Gasteiger partial charge in [0.05, 0.1) is 0 Å². The lowest BCUT2D eigenvalue weighted by Gasteiger charge is -2.41. The van der Waals surface area contributed by atoms with Crippen LogP contribution in [0.1, 0.15) is 19.4 Å². The van der Waals surface area contributed by atoms with Crippen LogP contribution in [0.3, 0.4) is 0 Å². The Morgan fingerprint density at radius 1 is 1.17 bits per heavy atom. The lowest BCUT2D eigenvalue weighted by molar-refractivity contribution is -0.127. The standard InChI is InChI=1S/C21H29FN6O2/c1-14(2)12-28-17-18(25(3)21(30)24-19(17)29)23-20(28)27-10-8-26(9-11-27)13-15-6-4-5-7-16(15)22/h4-7,14,17-18H,8-13H2,1-3H3,(H,24,29,30). The lowest BCUT2D eigenvalue weighted by atomic mass is 10.1. The van der Waals surface area contributed by atoms with Gasteiger partial charge in [-0.3, -0.25) is 15.0 Å². The van der Waals surface area contributed by atoms with E-state index in [1.807, 2.05) is 17.0 Å². The Balaban J connectivity index is 1.48. The molecule has 0 bridgehead atoms. The summed E-state index contributed by atoms with van der Waals surface area (Å²) in [7, 11) is 1.67. The van der Waals surface area contributed by atoms with Crippen LogP contribution in [0.4, 0.5) is 9.18 Å². The number of fused-ring (bicyclic) bond motifs is 1. The molecule has 1 aromatic carbocycles. The number of hydrogen-bond acceptors (Lipinski definition) is 6. The fourth-order valence-corrected chi connectivity index (χ4v) is 4.34. The third kappa shape index (κ3) is 3.86. The molecule has 4 rings (SSSR count). The summed E-state index contributed by atoms with van der Waals surface area (Å²) in [6, 6.07) is 5.97. The number of rotatable bonds is 4. The molecule has 0 saturated carbocycles. The zero-order chi connectivity index (χ0) is 21.4. The molecule has 3 heterocycles. The van der Waals surface area contributed by atoms with Crippen molar-refractivity contribution < 1.29 is 14.0 Å². The zero-order valence-electron chi connectivity index (χ0n) is 17.7. The van der Waals surface area contributed by atoms with E-state index < -0.39 is 18.2 Å². The lowest BCUT2D eigenvalue weighted by Crippen LogP contribution is -2.65. The van der Waals surface area contributed by atoms with E-state index in [-0.39, 0.29) is 11.7 Å². The topological polar surface area (TPSA) is 71.5 Å². The van der Waals surface area contributed by atoms with Gasteiger partial charge < -0.3 is 14.7 Å². The van der Waals surface area contributed by atoms with E-state index in [1.165, 1.54) is 11.0 Å². The summed E-state index contributed by atoms with van der Waals surface area (Å²) in [6.45, 7) is 8.50. The van der Waals surface area contributed by atoms with E-state index in [4.69, 9.17) is 4.99 Å². The summed E-state index contributed by atoms with van der Waals surface area (Å²) in [4.78, 5) is 37.4. The number of carbonyl (C=O) groups excluding carboxylic acids is 2. The Hall–Kier alpha value is -2.68. The molecule has 2 unspecified atom stereocenters. The number of likely N-dealkylation sites (N-methyl/N-ethyl adjacent to an activating group) is 1. The molecule has 0 radical (unpaired) electrons. The monoisotopic (exact) mass is 416 g/mol. The molecule has 3 aliphatic heterocycles.